The van der Waals surface area contributed by atoms with Crippen LogP contribution in [-0.2, 0) is 0 Å². The Bertz CT molecular complexity index is 306. The van der Waals surface area contributed by atoms with Gasteiger partial charge in [0.2, 0.25) is 0 Å². The van der Waals surface area contributed by atoms with Gasteiger partial charge in [-0.05, 0) is 38.7 Å². The molecule has 0 heterocycles. The van der Waals surface area contributed by atoms with E-state index in [0.29, 0.717) is 5.57 Å². The summed E-state index contributed by atoms with van der Waals surface area (Å²) >= 11 is 0. The molecule has 0 aromatic rings. The lowest BCUT2D eigenvalue weighted by atomic mass is 10.0. The minimum Gasteiger partial charge on any atom is -0.495 e. The molecule has 3 N–H and O–H groups in total. The molecule has 22 heavy (non-hydrogen) atoms. The lowest BCUT2D eigenvalue weighted by Crippen LogP contribution is -1.96. The van der Waals surface area contributed by atoms with Crippen molar-refractivity contribution in [1.29, 1.82) is 0 Å². The number of nitrogens with two attached hydrogens (primary N) is 1. The molecule has 0 aromatic heterocycles. The molecule has 0 aliphatic carbocycles. The zero-order chi connectivity index (χ0) is 18.4. The maximum absolute atomic E-state index is 8.51. The Kier molecular flexibility index (Phi) is 35.8. The van der Waals surface area contributed by atoms with Crippen molar-refractivity contribution in [2.45, 2.75) is 67.2 Å². The van der Waals surface area contributed by atoms with Crippen LogP contribution in [0.3, 0.4) is 0 Å². The number of allylic oxidation sites excluding steroid dienone is 4. The summed E-state index contributed by atoms with van der Waals surface area (Å²) in [5.41, 5.74) is 8.02. The summed E-state index contributed by atoms with van der Waals surface area (Å²) in [7, 11) is 0. The van der Waals surface area contributed by atoms with Gasteiger partial charge in [0, 0.05) is 5.57 Å². The number of aliphatic hydroxyl groups excluding tert-OH is 1. The summed E-state index contributed by atoms with van der Waals surface area (Å²) in [5, 5.41) is 8.51. The van der Waals surface area contributed by atoms with Gasteiger partial charge in [0.15, 0.2) is 5.88 Å². The van der Waals surface area contributed by atoms with E-state index in [9.17, 15) is 0 Å². The second-order valence-corrected chi connectivity index (χ2v) is 4.58. The quantitative estimate of drug-likeness (QED) is 0.249. The Hall–Kier alpha value is -1.66. The molecule has 0 amide bonds. The molecule has 0 radical (unpaired) electrons. The fourth-order valence-corrected chi connectivity index (χ4v) is 1.27. The van der Waals surface area contributed by atoms with E-state index in [1.54, 1.807) is 13.0 Å². The van der Waals surface area contributed by atoms with E-state index in [-0.39, 0.29) is 5.88 Å². The van der Waals surface area contributed by atoms with Crippen molar-refractivity contribution in [2.24, 2.45) is 11.7 Å². The normalized spacial score (nSPS) is 10.5. The van der Waals surface area contributed by atoms with E-state index in [1.165, 1.54) is 31.8 Å². The van der Waals surface area contributed by atoms with Crippen LogP contribution in [0.4, 0.5) is 0 Å². The molecule has 0 aromatic carbocycles. The summed E-state index contributed by atoms with van der Waals surface area (Å²) in [4.78, 5) is 0. The first-order chi connectivity index (χ1) is 10.4. The van der Waals surface area contributed by atoms with Gasteiger partial charge >= 0.3 is 0 Å². The molecule has 130 valence electrons. The summed E-state index contributed by atoms with van der Waals surface area (Å²) < 4.78 is 0. The zero-order valence-electron chi connectivity index (χ0n) is 15.8. The van der Waals surface area contributed by atoms with Crippen molar-refractivity contribution < 1.29 is 5.11 Å². The second-order valence-electron chi connectivity index (χ2n) is 4.58. The lowest BCUT2D eigenvalue weighted by Gasteiger charge is -2.05. The van der Waals surface area contributed by atoms with Crippen molar-refractivity contribution in [3.8, 4) is 0 Å². The number of hydrogen-bond donors (Lipinski definition) is 2. The van der Waals surface area contributed by atoms with Crippen LogP contribution >= 0.6 is 0 Å². The SMILES string of the molecule is C=C=C/C(C)=C(\N)O.C=CC.C=CCCC(C)CCC.CC. The van der Waals surface area contributed by atoms with Crippen molar-refractivity contribution in [3.05, 3.63) is 55.2 Å². The topological polar surface area (TPSA) is 46.2 Å². The van der Waals surface area contributed by atoms with E-state index in [0.717, 1.165) is 5.92 Å². The number of hydrogen-bond acceptors (Lipinski definition) is 2. The molecular formula is C20H39NO. The van der Waals surface area contributed by atoms with Gasteiger partial charge in [-0.25, -0.2) is 0 Å². The van der Waals surface area contributed by atoms with Crippen LogP contribution in [0.2, 0.25) is 0 Å². The predicted molar refractivity (Wildman–Crippen MR) is 104 cm³/mol. The lowest BCUT2D eigenvalue weighted by molar-refractivity contribution is 0.400. The van der Waals surface area contributed by atoms with Gasteiger partial charge < -0.3 is 10.8 Å². The molecule has 0 aliphatic heterocycles. The molecule has 0 bridgehead atoms. The summed E-state index contributed by atoms with van der Waals surface area (Å²) in [6.45, 7) is 22.5. The Morgan fingerprint density at radius 1 is 1.27 bits per heavy atom. The second kappa shape index (κ2) is 27.6. The average molecular weight is 310 g/mol. The van der Waals surface area contributed by atoms with Crippen LogP contribution in [0.5, 0.6) is 0 Å². The minimum absolute atomic E-state index is 0.179. The summed E-state index contributed by atoms with van der Waals surface area (Å²) in [5.74, 6) is 0.717. The van der Waals surface area contributed by atoms with Crippen LogP contribution in [-0.4, -0.2) is 5.11 Å². The first kappa shape index (κ1) is 28.5. The fraction of sp³-hybridized carbons (Fsp3) is 0.550. The first-order valence-corrected chi connectivity index (χ1v) is 8.10. The minimum atomic E-state index is -0.179. The van der Waals surface area contributed by atoms with Crippen LogP contribution in [0, 0.1) is 5.92 Å². The van der Waals surface area contributed by atoms with Gasteiger partial charge in [-0.2, -0.15) is 0 Å². The molecule has 0 spiro atoms. The van der Waals surface area contributed by atoms with Gasteiger partial charge in [-0.1, -0.05) is 59.3 Å². The highest BCUT2D eigenvalue weighted by molar-refractivity contribution is 5.16. The van der Waals surface area contributed by atoms with E-state index >= 15 is 0 Å². The Morgan fingerprint density at radius 2 is 1.73 bits per heavy atom. The van der Waals surface area contributed by atoms with Crippen LogP contribution in [0.1, 0.15) is 67.2 Å². The monoisotopic (exact) mass is 309 g/mol. The van der Waals surface area contributed by atoms with Crippen LogP contribution in [0.25, 0.3) is 0 Å². The smallest absolute Gasteiger partial charge is 0.185 e. The fourth-order valence-electron chi connectivity index (χ4n) is 1.27. The molecule has 0 saturated carbocycles. The third-order valence-electron chi connectivity index (χ3n) is 2.37. The van der Waals surface area contributed by atoms with Gasteiger partial charge in [0.05, 0.1) is 0 Å². The Balaban J connectivity index is -0.000000114. The van der Waals surface area contributed by atoms with Gasteiger partial charge in [0.1, 0.15) is 0 Å². The molecule has 2 nitrogen and oxygen atoms in total. The molecule has 0 fully saturated rings. The van der Waals surface area contributed by atoms with Gasteiger partial charge in [-0.15, -0.1) is 18.9 Å². The van der Waals surface area contributed by atoms with Crippen LogP contribution < -0.4 is 5.73 Å². The summed E-state index contributed by atoms with van der Waals surface area (Å²) in [6, 6.07) is 0. The molecule has 0 aliphatic rings. The highest BCUT2D eigenvalue weighted by Crippen LogP contribution is 2.11. The van der Waals surface area contributed by atoms with E-state index < -0.39 is 0 Å². The van der Waals surface area contributed by atoms with Crippen molar-refractivity contribution in [1.82, 2.24) is 0 Å². The highest BCUT2D eigenvalue weighted by Gasteiger charge is 1.96. The van der Waals surface area contributed by atoms with Crippen molar-refractivity contribution in [3.63, 3.8) is 0 Å². The van der Waals surface area contributed by atoms with Gasteiger partial charge in [0.25, 0.3) is 0 Å². The van der Waals surface area contributed by atoms with E-state index in [4.69, 9.17) is 10.8 Å². The Morgan fingerprint density at radius 3 is 1.95 bits per heavy atom. The predicted octanol–water partition coefficient (Wildman–Crippen LogP) is 6.68. The highest BCUT2D eigenvalue weighted by atomic mass is 16.3. The number of aliphatic hydroxyl groups is 1. The van der Waals surface area contributed by atoms with E-state index in [1.807, 2.05) is 26.8 Å². The molecule has 2 heteroatoms. The van der Waals surface area contributed by atoms with Crippen molar-refractivity contribution >= 4 is 0 Å². The van der Waals surface area contributed by atoms with Gasteiger partial charge in [-0.3, -0.25) is 0 Å². The maximum atomic E-state index is 8.51. The third-order valence-corrected chi connectivity index (χ3v) is 2.37. The maximum Gasteiger partial charge on any atom is 0.185 e. The number of rotatable bonds is 6. The van der Waals surface area contributed by atoms with E-state index in [2.05, 4.69) is 39.3 Å². The Labute approximate surface area is 139 Å². The standard InChI is InChI=1S/C9H18.C6H9NO.C3H6.C2H6/c1-4-6-8-9(3)7-5-2;1-3-4-5(2)6(7)8;1-3-2;1-2/h4,9H,1,5-8H2,2-3H3;4,8H,1,7H2,2H3;3H,1H2,2H3;1-2H3/b;6-5+;;. The molecular weight excluding hydrogens is 270 g/mol. The average Bonchev–Trinajstić information content (AvgIpc) is 2.49. The largest absolute Gasteiger partial charge is 0.495 e. The molecule has 0 saturated heterocycles. The van der Waals surface area contributed by atoms with Crippen molar-refractivity contribution in [2.75, 3.05) is 0 Å². The molecule has 0 rings (SSSR count). The molecule has 1 atom stereocenters. The van der Waals surface area contributed by atoms with Crippen LogP contribution in [0.15, 0.2) is 55.2 Å². The molecule has 1 unspecified atom stereocenters. The zero-order valence-corrected chi connectivity index (χ0v) is 15.8. The third kappa shape index (κ3) is 36.2. The first-order valence-electron chi connectivity index (χ1n) is 8.10. The summed E-state index contributed by atoms with van der Waals surface area (Å²) in [6.07, 6.45) is 10.5.